The maximum Gasteiger partial charge on any atom is 0.233 e. The third-order valence-corrected chi connectivity index (χ3v) is 5.61. The minimum atomic E-state index is 0.00377. The molecule has 2 heterocycles. The first-order valence-electron chi connectivity index (χ1n) is 9.47. The summed E-state index contributed by atoms with van der Waals surface area (Å²) in [5.74, 6) is 0.931. The summed E-state index contributed by atoms with van der Waals surface area (Å²) in [6, 6.07) is 7.84. The highest BCUT2D eigenvalue weighted by atomic mass is 32.1. The van der Waals surface area contributed by atoms with Gasteiger partial charge in [0.2, 0.25) is 11.8 Å². The Morgan fingerprint density at radius 1 is 1.18 bits per heavy atom. The van der Waals surface area contributed by atoms with Gasteiger partial charge in [0.25, 0.3) is 0 Å². The van der Waals surface area contributed by atoms with Crippen molar-refractivity contribution < 1.29 is 14.3 Å². The molecule has 1 aromatic carbocycles. The minimum absolute atomic E-state index is 0.00377. The van der Waals surface area contributed by atoms with Crippen LogP contribution in [0.2, 0.25) is 0 Å². The Balaban J connectivity index is 1.52. The molecule has 1 aliphatic heterocycles. The third-order valence-electron chi connectivity index (χ3n) is 4.67. The van der Waals surface area contributed by atoms with Gasteiger partial charge in [0.05, 0.1) is 25.3 Å². The monoisotopic (exact) mass is 402 g/mol. The van der Waals surface area contributed by atoms with Gasteiger partial charge >= 0.3 is 0 Å². The van der Waals surface area contributed by atoms with Gasteiger partial charge in [-0.25, -0.2) is 4.98 Å². The number of ether oxygens (including phenoxy) is 1. The number of hydrogen-bond donors (Lipinski definition) is 1. The first kappa shape index (κ1) is 20.3. The van der Waals surface area contributed by atoms with Crippen LogP contribution in [-0.2, 0) is 16.0 Å². The van der Waals surface area contributed by atoms with E-state index in [1.807, 2.05) is 41.5 Å². The number of carbonyl (C=O) groups excluding carboxylic acids is 2. The molecule has 0 saturated carbocycles. The molecule has 1 N–H and O–H groups in total. The van der Waals surface area contributed by atoms with Crippen LogP contribution in [0.5, 0.6) is 5.75 Å². The predicted molar refractivity (Wildman–Crippen MR) is 110 cm³/mol. The van der Waals surface area contributed by atoms with E-state index in [0.29, 0.717) is 45.8 Å². The number of thiazole rings is 1. The summed E-state index contributed by atoms with van der Waals surface area (Å²) in [7, 11) is 1.64. The van der Waals surface area contributed by atoms with Crippen LogP contribution in [0.15, 0.2) is 29.6 Å². The molecule has 3 rings (SSSR count). The fraction of sp³-hybridized carbons (Fsp3) is 0.450. The van der Waals surface area contributed by atoms with Gasteiger partial charge in [0.15, 0.2) is 0 Å². The summed E-state index contributed by atoms with van der Waals surface area (Å²) >= 11 is 1.54. The van der Waals surface area contributed by atoms with Gasteiger partial charge < -0.3 is 15.0 Å². The zero-order valence-electron chi connectivity index (χ0n) is 16.3. The molecule has 0 bridgehead atoms. The van der Waals surface area contributed by atoms with Crippen molar-refractivity contribution in [3.05, 3.63) is 35.3 Å². The summed E-state index contributed by atoms with van der Waals surface area (Å²) in [5, 5.41) is 5.48. The lowest BCUT2D eigenvalue weighted by Crippen LogP contribution is -2.51. The zero-order chi connectivity index (χ0) is 19.9. The maximum atomic E-state index is 12.6. The molecule has 28 heavy (non-hydrogen) atoms. The number of amides is 2. The second kappa shape index (κ2) is 9.66. The normalized spacial score (nSPS) is 14.7. The Morgan fingerprint density at radius 2 is 1.89 bits per heavy atom. The van der Waals surface area contributed by atoms with Crippen molar-refractivity contribution in [3.63, 3.8) is 0 Å². The van der Waals surface area contributed by atoms with E-state index in [9.17, 15) is 9.59 Å². The van der Waals surface area contributed by atoms with Crippen LogP contribution in [-0.4, -0.2) is 73.0 Å². The molecule has 1 fully saturated rings. The van der Waals surface area contributed by atoms with Crippen molar-refractivity contribution >= 4 is 23.2 Å². The molecule has 0 aliphatic carbocycles. The number of likely N-dealkylation sites (N-methyl/N-ethyl adjacent to an activating group) is 1. The molecule has 0 radical (unpaired) electrons. The second-order valence-corrected chi connectivity index (χ2v) is 7.47. The topological polar surface area (TPSA) is 74.8 Å². The number of piperazine rings is 1. The molecule has 0 unspecified atom stereocenters. The molecule has 7 nitrogen and oxygen atoms in total. The van der Waals surface area contributed by atoms with Crippen LogP contribution in [0.4, 0.5) is 0 Å². The molecule has 2 amide bonds. The highest BCUT2D eigenvalue weighted by Crippen LogP contribution is 2.26. The van der Waals surface area contributed by atoms with E-state index in [-0.39, 0.29) is 11.8 Å². The van der Waals surface area contributed by atoms with Gasteiger partial charge in [-0.1, -0.05) is 0 Å². The Kier molecular flexibility index (Phi) is 7.00. The summed E-state index contributed by atoms with van der Waals surface area (Å²) < 4.78 is 5.46. The molecule has 1 saturated heterocycles. The van der Waals surface area contributed by atoms with Gasteiger partial charge in [-0.15, -0.1) is 11.3 Å². The van der Waals surface area contributed by atoms with Gasteiger partial charge in [0.1, 0.15) is 10.8 Å². The fourth-order valence-corrected chi connectivity index (χ4v) is 3.91. The number of benzene rings is 1. The first-order chi connectivity index (χ1) is 13.6. The van der Waals surface area contributed by atoms with E-state index in [4.69, 9.17) is 4.74 Å². The smallest absolute Gasteiger partial charge is 0.233 e. The Bertz CT molecular complexity index is 798. The average molecular weight is 403 g/mol. The summed E-state index contributed by atoms with van der Waals surface area (Å²) in [5.41, 5.74) is 1.82. The number of rotatable bonds is 7. The quantitative estimate of drug-likeness (QED) is 0.762. The van der Waals surface area contributed by atoms with Crippen LogP contribution < -0.4 is 10.1 Å². The van der Waals surface area contributed by atoms with Crippen LogP contribution in [0.25, 0.3) is 10.6 Å². The standard InChI is InChI=1S/C20H26N4O3S/c1-3-27-17-6-4-15(5-7-17)20-22-16(14-28-20)12-19(26)24-10-8-23(9-11-24)13-18(25)21-2/h4-7,14H,3,8-13H2,1-2H3,(H,21,25). The molecular formula is C20H26N4O3S. The number of nitrogens with one attached hydrogen (secondary N) is 1. The number of hydrogen-bond acceptors (Lipinski definition) is 6. The number of carbonyl (C=O) groups is 2. The molecule has 2 aromatic rings. The van der Waals surface area contributed by atoms with E-state index >= 15 is 0 Å². The highest BCUT2D eigenvalue weighted by molar-refractivity contribution is 7.13. The lowest BCUT2D eigenvalue weighted by atomic mass is 10.2. The summed E-state index contributed by atoms with van der Waals surface area (Å²) in [6.07, 6.45) is 0.309. The third kappa shape index (κ3) is 5.30. The van der Waals surface area contributed by atoms with Crippen molar-refractivity contribution in [1.82, 2.24) is 20.1 Å². The molecule has 8 heteroatoms. The van der Waals surface area contributed by atoms with Gasteiger partial charge in [-0.3, -0.25) is 14.5 Å². The second-order valence-electron chi connectivity index (χ2n) is 6.61. The van der Waals surface area contributed by atoms with Crippen molar-refractivity contribution in [2.45, 2.75) is 13.3 Å². The Hall–Kier alpha value is -2.45. The fourth-order valence-electron chi connectivity index (χ4n) is 3.09. The van der Waals surface area contributed by atoms with E-state index < -0.39 is 0 Å². The van der Waals surface area contributed by atoms with E-state index in [1.54, 1.807) is 18.4 Å². The van der Waals surface area contributed by atoms with Crippen molar-refractivity contribution in [2.75, 3.05) is 46.4 Å². The molecule has 1 aromatic heterocycles. The van der Waals surface area contributed by atoms with E-state index in [2.05, 4.69) is 15.2 Å². The molecular weight excluding hydrogens is 376 g/mol. The molecule has 150 valence electrons. The maximum absolute atomic E-state index is 12.6. The average Bonchev–Trinajstić information content (AvgIpc) is 3.17. The van der Waals surface area contributed by atoms with Crippen LogP contribution in [0, 0.1) is 0 Å². The zero-order valence-corrected chi connectivity index (χ0v) is 17.1. The van der Waals surface area contributed by atoms with Crippen molar-refractivity contribution in [3.8, 4) is 16.3 Å². The van der Waals surface area contributed by atoms with E-state index in [1.165, 1.54) is 0 Å². The number of nitrogens with zero attached hydrogens (tertiary/aromatic N) is 3. The van der Waals surface area contributed by atoms with Gasteiger partial charge in [0, 0.05) is 44.2 Å². The largest absolute Gasteiger partial charge is 0.494 e. The van der Waals surface area contributed by atoms with Crippen LogP contribution in [0.1, 0.15) is 12.6 Å². The summed E-state index contributed by atoms with van der Waals surface area (Å²) in [6.45, 7) is 5.71. The minimum Gasteiger partial charge on any atom is -0.494 e. The van der Waals surface area contributed by atoms with Crippen molar-refractivity contribution in [2.24, 2.45) is 0 Å². The van der Waals surface area contributed by atoms with Crippen molar-refractivity contribution in [1.29, 1.82) is 0 Å². The Morgan fingerprint density at radius 3 is 2.54 bits per heavy atom. The molecule has 0 spiro atoms. The molecule has 1 aliphatic rings. The highest BCUT2D eigenvalue weighted by Gasteiger charge is 2.22. The van der Waals surface area contributed by atoms with Gasteiger partial charge in [-0.2, -0.15) is 0 Å². The van der Waals surface area contributed by atoms with Gasteiger partial charge in [-0.05, 0) is 31.2 Å². The van der Waals surface area contributed by atoms with Crippen LogP contribution >= 0.6 is 11.3 Å². The SMILES string of the molecule is CCOc1ccc(-c2nc(CC(=O)N3CCN(CC(=O)NC)CC3)cs2)cc1. The Labute approximate surface area is 169 Å². The first-order valence-corrected chi connectivity index (χ1v) is 10.4. The number of aromatic nitrogens is 1. The molecule has 0 atom stereocenters. The lowest BCUT2D eigenvalue weighted by molar-refractivity contribution is -0.132. The lowest BCUT2D eigenvalue weighted by Gasteiger charge is -2.34. The van der Waals surface area contributed by atoms with E-state index in [0.717, 1.165) is 22.0 Å². The van der Waals surface area contributed by atoms with Crippen LogP contribution in [0.3, 0.4) is 0 Å². The predicted octanol–water partition coefficient (Wildman–Crippen LogP) is 1.64. The summed E-state index contributed by atoms with van der Waals surface area (Å²) in [4.78, 5) is 32.6.